The summed E-state index contributed by atoms with van der Waals surface area (Å²) in [5.41, 5.74) is -0.401. The predicted octanol–water partition coefficient (Wildman–Crippen LogP) is 1.73. The molecule has 29 heavy (non-hydrogen) atoms. The van der Waals surface area contributed by atoms with Gasteiger partial charge in [-0.2, -0.15) is 0 Å². The fraction of sp³-hybridized carbons (Fsp3) is 0.105. The number of carbonyl (C=O) groups excluding carboxylic acids is 1. The van der Waals surface area contributed by atoms with Gasteiger partial charge in [0.1, 0.15) is 23.5 Å². The van der Waals surface area contributed by atoms with Crippen LogP contribution >= 0.6 is 11.3 Å². The zero-order valence-corrected chi connectivity index (χ0v) is 15.9. The third kappa shape index (κ3) is 3.09. The summed E-state index contributed by atoms with van der Waals surface area (Å²) in [5.74, 6) is -2.47. The maximum absolute atomic E-state index is 12.6. The van der Waals surface area contributed by atoms with Crippen LogP contribution in [0.15, 0.2) is 40.6 Å². The molecule has 0 spiro atoms. The Hall–Kier alpha value is -3.79. The molecule has 146 valence electrons. The molecule has 0 aliphatic rings. The molecule has 0 saturated carbocycles. The summed E-state index contributed by atoms with van der Waals surface area (Å²) in [6.07, 6.45) is 1.34. The van der Waals surface area contributed by atoms with E-state index in [4.69, 9.17) is 5.11 Å². The van der Waals surface area contributed by atoms with E-state index in [0.717, 1.165) is 20.2 Å². The minimum Gasteiger partial charge on any atom is -0.506 e. The van der Waals surface area contributed by atoms with Crippen molar-refractivity contribution in [2.45, 2.75) is 0 Å². The number of carboxylic acids is 1. The molecule has 4 rings (SSSR count). The van der Waals surface area contributed by atoms with Gasteiger partial charge in [-0.1, -0.05) is 18.2 Å². The number of carbonyl (C=O) groups is 2. The zero-order chi connectivity index (χ0) is 20.7. The molecule has 0 fully saturated rings. The van der Waals surface area contributed by atoms with Crippen LogP contribution in [-0.2, 0) is 11.8 Å². The van der Waals surface area contributed by atoms with Crippen LogP contribution in [0.5, 0.6) is 5.75 Å². The van der Waals surface area contributed by atoms with Crippen LogP contribution in [0.4, 0.5) is 0 Å². The van der Waals surface area contributed by atoms with E-state index in [1.54, 1.807) is 11.3 Å². The molecule has 1 amide bonds. The topological polar surface area (TPSA) is 134 Å². The van der Waals surface area contributed by atoms with Crippen LogP contribution in [0.1, 0.15) is 10.4 Å². The first-order valence-electron chi connectivity index (χ1n) is 8.43. The van der Waals surface area contributed by atoms with Crippen LogP contribution in [0.25, 0.3) is 32.5 Å². The standard InChI is InChI=1S/C19H14N4O5S/c1-23-17-10(15(26)14(19(23)28)18(27)21-7-13(24)25)6-20-16(22-17)11-8-29-12-5-3-2-4-9(11)12/h2-6,8,26H,7H2,1H3,(H,21,27)(H,24,25). The van der Waals surface area contributed by atoms with Gasteiger partial charge < -0.3 is 15.5 Å². The number of hydrogen-bond acceptors (Lipinski definition) is 7. The predicted molar refractivity (Wildman–Crippen MR) is 107 cm³/mol. The van der Waals surface area contributed by atoms with Gasteiger partial charge >= 0.3 is 5.97 Å². The summed E-state index contributed by atoms with van der Waals surface area (Å²) >= 11 is 1.54. The molecule has 0 aliphatic heterocycles. The monoisotopic (exact) mass is 410 g/mol. The van der Waals surface area contributed by atoms with Crippen LogP contribution in [-0.4, -0.2) is 43.2 Å². The number of aromatic nitrogens is 3. The highest BCUT2D eigenvalue weighted by molar-refractivity contribution is 7.17. The first-order chi connectivity index (χ1) is 13.9. The first-order valence-corrected chi connectivity index (χ1v) is 9.31. The highest BCUT2D eigenvalue weighted by Crippen LogP contribution is 2.33. The van der Waals surface area contributed by atoms with E-state index in [0.29, 0.717) is 5.82 Å². The number of thiophene rings is 1. The van der Waals surface area contributed by atoms with Crippen LogP contribution in [0.2, 0.25) is 0 Å². The molecule has 0 unspecified atom stereocenters. The molecular weight excluding hydrogens is 396 g/mol. The second kappa shape index (κ2) is 6.99. The molecule has 0 atom stereocenters. The first kappa shape index (κ1) is 18.6. The Balaban J connectivity index is 1.88. The Morgan fingerprint density at radius 2 is 2.00 bits per heavy atom. The molecule has 3 aromatic heterocycles. The number of aliphatic carboxylic acids is 1. The Kier molecular flexibility index (Phi) is 4.47. The fourth-order valence-electron chi connectivity index (χ4n) is 3.03. The lowest BCUT2D eigenvalue weighted by Crippen LogP contribution is -2.35. The van der Waals surface area contributed by atoms with Crippen molar-refractivity contribution in [2.24, 2.45) is 7.05 Å². The van der Waals surface area contributed by atoms with Gasteiger partial charge in [0.2, 0.25) is 0 Å². The number of nitrogens with one attached hydrogen (secondary N) is 1. The van der Waals surface area contributed by atoms with Gasteiger partial charge in [0.15, 0.2) is 5.82 Å². The van der Waals surface area contributed by atoms with Gasteiger partial charge in [0, 0.05) is 34.3 Å². The van der Waals surface area contributed by atoms with Gasteiger partial charge in [-0.05, 0) is 6.07 Å². The molecule has 0 radical (unpaired) electrons. The highest BCUT2D eigenvalue weighted by Gasteiger charge is 2.23. The Labute approximate surface area is 166 Å². The molecule has 3 heterocycles. The minimum absolute atomic E-state index is 0.107. The van der Waals surface area contributed by atoms with E-state index < -0.39 is 35.3 Å². The number of aromatic hydroxyl groups is 1. The third-order valence-electron chi connectivity index (χ3n) is 4.45. The number of benzene rings is 1. The number of amides is 1. The van der Waals surface area contributed by atoms with Crippen molar-refractivity contribution in [3.63, 3.8) is 0 Å². The number of nitrogens with zero attached hydrogens (tertiary/aromatic N) is 3. The van der Waals surface area contributed by atoms with Crippen molar-refractivity contribution in [1.29, 1.82) is 0 Å². The van der Waals surface area contributed by atoms with E-state index in [9.17, 15) is 19.5 Å². The lowest BCUT2D eigenvalue weighted by molar-refractivity contribution is -0.135. The van der Waals surface area contributed by atoms with Crippen LogP contribution < -0.4 is 10.9 Å². The van der Waals surface area contributed by atoms with Crippen LogP contribution in [0, 0.1) is 0 Å². The Bertz CT molecular complexity index is 1360. The number of fused-ring (bicyclic) bond motifs is 2. The summed E-state index contributed by atoms with van der Waals surface area (Å²) < 4.78 is 2.19. The molecule has 9 nitrogen and oxygen atoms in total. The quantitative estimate of drug-likeness (QED) is 0.466. The van der Waals surface area contributed by atoms with E-state index in [-0.39, 0.29) is 11.0 Å². The smallest absolute Gasteiger partial charge is 0.322 e. The number of carboxylic acid groups (broad SMARTS) is 1. The van der Waals surface area contributed by atoms with Crippen molar-refractivity contribution < 1.29 is 19.8 Å². The molecule has 3 N–H and O–H groups in total. The zero-order valence-electron chi connectivity index (χ0n) is 15.0. The summed E-state index contributed by atoms with van der Waals surface area (Å²) in [6.45, 7) is -0.680. The van der Waals surface area contributed by atoms with Crippen molar-refractivity contribution >= 4 is 44.3 Å². The summed E-state index contributed by atoms with van der Waals surface area (Å²) in [7, 11) is 1.42. The van der Waals surface area contributed by atoms with Crippen molar-refractivity contribution in [1.82, 2.24) is 19.9 Å². The maximum atomic E-state index is 12.6. The Morgan fingerprint density at radius 1 is 1.24 bits per heavy atom. The number of hydrogen-bond donors (Lipinski definition) is 3. The lowest BCUT2D eigenvalue weighted by Gasteiger charge is -2.11. The molecule has 4 aromatic rings. The van der Waals surface area contributed by atoms with Gasteiger partial charge in [0.25, 0.3) is 11.5 Å². The van der Waals surface area contributed by atoms with Gasteiger partial charge in [-0.3, -0.25) is 19.0 Å². The molecule has 1 aromatic carbocycles. The third-order valence-corrected chi connectivity index (χ3v) is 5.41. The summed E-state index contributed by atoms with van der Waals surface area (Å²) in [4.78, 5) is 44.2. The minimum atomic E-state index is -1.27. The SMILES string of the molecule is Cn1c(=O)c(C(=O)NCC(=O)O)c(O)c2cnc(-c3csc4ccccc34)nc21. The van der Waals surface area contributed by atoms with Crippen molar-refractivity contribution in [3.05, 3.63) is 51.8 Å². The number of aryl methyl sites for hydroxylation is 1. The van der Waals surface area contributed by atoms with Gasteiger partial charge in [-0.25, -0.2) is 9.97 Å². The number of rotatable bonds is 4. The van der Waals surface area contributed by atoms with Crippen LogP contribution in [0.3, 0.4) is 0 Å². The van der Waals surface area contributed by atoms with E-state index in [1.807, 2.05) is 29.6 Å². The Morgan fingerprint density at radius 3 is 2.76 bits per heavy atom. The average Bonchev–Trinajstić information content (AvgIpc) is 3.14. The van der Waals surface area contributed by atoms with E-state index in [2.05, 4.69) is 15.3 Å². The fourth-order valence-corrected chi connectivity index (χ4v) is 3.96. The molecule has 0 aliphatic carbocycles. The summed E-state index contributed by atoms with van der Waals surface area (Å²) in [5, 5.41) is 24.2. The summed E-state index contributed by atoms with van der Waals surface area (Å²) in [6, 6.07) is 7.76. The number of pyridine rings is 1. The second-order valence-corrected chi connectivity index (χ2v) is 7.15. The normalized spacial score (nSPS) is 11.1. The molecular formula is C19H14N4O5S. The molecule has 0 saturated heterocycles. The molecule has 10 heteroatoms. The van der Waals surface area contributed by atoms with Crippen molar-refractivity contribution in [2.75, 3.05) is 6.54 Å². The van der Waals surface area contributed by atoms with E-state index >= 15 is 0 Å². The lowest BCUT2D eigenvalue weighted by atomic mass is 10.1. The maximum Gasteiger partial charge on any atom is 0.322 e. The highest BCUT2D eigenvalue weighted by atomic mass is 32.1. The van der Waals surface area contributed by atoms with E-state index in [1.165, 1.54) is 13.2 Å². The van der Waals surface area contributed by atoms with Crippen molar-refractivity contribution in [3.8, 4) is 17.1 Å². The average molecular weight is 410 g/mol. The molecule has 0 bridgehead atoms. The second-order valence-electron chi connectivity index (χ2n) is 6.24. The van der Waals surface area contributed by atoms with Gasteiger partial charge in [-0.15, -0.1) is 11.3 Å². The van der Waals surface area contributed by atoms with Gasteiger partial charge in [0.05, 0.1) is 5.39 Å². The largest absolute Gasteiger partial charge is 0.506 e.